The third kappa shape index (κ3) is 3.94. The van der Waals surface area contributed by atoms with E-state index < -0.39 is 0 Å². The van der Waals surface area contributed by atoms with Gasteiger partial charge in [-0.25, -0.2) is 9.67 Å². The Kier molecular flexibility index (Phi) is 5.00. The first-order chi connectivity index (χ1) is 15.0. The second kappa shape index (κ2) is 7.83. The molecule has 2 aromatic heterocycles. The second-order valence-corrected chi connectivity index (χ2v) is 8.35. The molecule has 0 unspecified atom stereocenters. The van der Waals surface area contributed by atoms with Crippen LogP contribution in [-0.2, 0) is 0 Å². The van der Waals surface area contributed by atoms with Crippen molar-refractivity contribution in [2.45, 2.75) is 25.7 Å². The molecular weight excluding hydrogens is 435 g/mol. The molecule has 31 heavy (non-hydrogen) atoms. The molecule has 9 heteroatoms. The molecule has 1 aliphatic carbocycles. The highest BCUT2D eigenvalue weighted by Gasteiger charge is 2.33. The number of aromatic amines is 1. The SMILES string of the molecule is Cc1nc(-c2cccc(NC(=O)c3cnn(-c4ccc(Cl)cc4Cl)c3C3CC3)c2)n[nH]1. The molecule has 156 valence electrons. The molecule has 1 amide bonds. The minimum atomic E-state index is -0.221. The van der Waals surface area contributed by atoms with Gasteiger partial charge in [0.1, 0.15) is 5.82 Å². The molecule has 7 nitrogen and oxygen atoms in total. The monoisotopic (exact) mass is 452 g/mol. The van der Waals surface area contributed by atoms with E-state index in [0.717, 1.165) is 29.9 Å². The maximum atomic E-state index is 13.1. The maximum absolute atomic E-state index is 13.1. The van der Waals surface area contributed by atoms with Crippen LogP contribution in [0.5, 0.6) is 0 Å². The van der Waals surface area contributed by atoms with Crippen LogP contribution in [0.3, 0.4) is 0 Å². The molecule has 0 bridgehead atoms. The van der Waals surface area contributed by atoms with Crippen molar-refractivity contribution in [1.29, 1.82) is 0 Å². The summed E-state index contributed by atoms with van der Waals surface area (Å²) in [7, 11) is 0. The summed E-state index contributed by atoms with van der Waals surface area (Å²) in [5.41, 5.74) is 3.57. The van der Waals surface area contributed by atoms with Crippen LogP contribution in [0.4, 0.5) is 5.69 Å². The van der Waals surface area contributed by atoms with Crippen molar-refractivity contribution in [2.75, 3.05) is 5.32 Å². The van der Waals surface area contributed by atoms with Crippen molar-refractivity contribution in [3.8, 4) is 17.1 Å². The van der Waals surface area contributed by atoms with E-state index in [0.29, 0.717) is 32.8 Å². The van der Waals surface area contributed by atoms with E-state index in [4.69, 9.17) is 23.2 Å². The molecular formula is C22H18Cl2N6O. The average molecular weight is 453 g/mol. The summed E-state index contributed by atoms with van der Waals surface area (Å²) in [5.74, 6) is 1.36. The number of hydrogen-bond donors (Lipinski definition) is 2. The van der Waals surface area contributed by atoms with Crippen LogP contribution in [0, 0.1) is 6.92 Å². The van der Waals surface area contributed by atoms with Gasteiger partial charge in [0.05, 0.1) is 28.2 Å². The molecule has 0 radical (unpaired) electrons. The molecule has 4 aromatic rings. The number of nitrogens with one attached hydrogen (secondary N) is 2. The Morgan fingerprint density at radius 2 is 2.03 bits per heavy atom. The fraction of sp³-hybridized carbons (Fsp3) is 0.182. The molecule has 0 saturated heterocycles. The number of H-pyrrole nitrogens is 1. The van der Waals surface area contributed by atoms with Crippen LogP contribution in [-0.4, -0.2) is 30.9 Å². The molecule has 0 aliphatic heterocycles. The summed E-state index contributed by atoms with van der Waals surface area (Å²) in [6, 6.07) is 12.7. The highest BCUT2D eigenvalue weighted by atomic mass is 35.5. The molecule has 5 rings (SSSR count). The number of aryl methyl sites for hydroxylation is 1. The standard InChI is InChI=1S/C22H18Cl2N6O/c1-12-26-21(29-28-12)14-3-2-4-16(9-14)27-22(31)17-11-25-30(20(17)13-5-6-13)19-8-7-15(23)10-18(19)24/h2-4,7-11,13H,5-6H2,1H3,(H,27,31)(H,26,28,29). The molecule has 1 fully saturated rings. The predicted molar refractivity (Wildman–Crippen MR) is 120 cm³/mol. The molecule has 1 aliphatic rings. The van der Waals surface area contributed by atoms with Crippen molar-refractivity contribution in [1.82, 2.24) is 25.0 Å². The third-order valence-electron chi connectivity index (χ3n) is 5.13. The molecule has 2 aromatic carbocycles. The van der Waals surface area contributed by atoms with Gasteiger partial charge < -0.3 is 5.32 Å². The van der Waals surface area contributed by atoms with Crippen molar-refractivity contribution < 1.29 is 4.79 Å². The van der Waals surface area contributed by atoms with Crippen LogP contribution in [0.15, 0.2) is 48.7 Å². The van der Waals surface area contributed by atoms with Gasteiger partial charge in [-0.2, -0.15) is 10.2 Å². The summed E-state index contributed by atoms with van der Waals surface area (Å²) in [6.07, 6.45) is 3.62. The van der Waals surface area contributed by atoms with Crippen LogP contribution in [0.25, 0.3) is 17.1 Å². The first-order valence-electron chi connectivity index (χ1n) is 9.84. The Labute approximate surface area is 188 Å². The number of carbonyl (C=O) groups excluding carboxylic acids is 1. The number of anilines is 1. The summed E-state index contributed by atoms with van der Waals surface area (Å²) in [6.45, 7) is 1.84. The average Bonchev–Trinajstić information content (AvgIpc) is 3.33. The Morgan fingerprint density at radius 3 is 2.74 bits per heavy atom. The number of nitrogens with zero attached hydrogens (tertiary/aromatic N) is 4. The number of aromatic nitrogens is 5. The lowest BCUT2D eigenvalue weighted by atomic mass is 10.1. The number of hydrogen-bond acceptors (Lipinski definition) is 4. The molecule has 2 N–H and O–H groups in total. The summed E-state index contributed by atoms with van der Waals surface area (Å²) in [5, 5.41) is 15.5. The van der Waals surface area contributed by atoms with Crippen molar-refractivity contribution in [2.24, 2.45) is 0 Å². The Morgan fingerprint density at radius 1 is 1.19 bits per heavy atom. The van der Waals surface area contributed by atoms with Gasteiger partial charge in [-0.1, -0.05) is 35.3 Å². The number of amides is 1. The molecule has 0 spiro atoms. The Bertz CT molecular complexity index is 1290. The molecule has 2 heterocycles. The van der Waals surface area contributed by atoms with E-state index >= 15 is 0 Å². The van der Waals surface area contributed by atoms with Gasteiger partial charge in [-0.05, 0) is 50.1 Å². The van der Waals surface area contributed by atoms with Gasteiger partial charge in [0.25, 0.3) is 5.91 Å². The first-order valence-corrected chi connectivity index (χ1v) is 10.6. The van der Waals surface area contributed by atoms with E-state index in [2.05, 4.69) is 25.6 Å². The minimum absolute atomic E-state index is 0.221. The fourth-order valence-corrected chi connectivity index (χ4v) is 4.02. The smallest absolute Gasteiger partial charge is 0.259 e. The summed E-state index contributed by atoms with van der Waals surface area (Å²) < 4.78 is 1.75. The highest BCUT2D eigenvalue weighted by Crippen LogP contribution is 2.43. The van der Waals surface area contributed by atoms with Gasteiger partial charge in [-0.3, -0.25) is 9.89 Å². The first kappa shape index (κ1) is 19.8. The Hall–Kier alpha value is -3.16. The van der Waals surface area contributed by atoms with Gasteiger partial charge in [0.15, 0.2) is 5.82 Å². The normalized spacial score (nSPS) is 13.4. The minimum Gasteiger partial charge on any atom is -0.322 e. The lowest BCUT2D eigenvalue weighted by Crippen LogP contribution is -2.14. The van der Waals surface area contributed by atoms with Crippen molar-refractivity contribution in [3.63, 3.8) is 0 Å². The lowest BCUT2D eigenvalue weighted by Gasteiger charge is -2.11. The zero-order valence-electron chi connectivity index (χ0n) is 16.6. The zero-order valence-corrected chi connectivity index (χ0v) is 18.1. The van der Waals surface area contributed by atoms with Crippen molar-refractivity contribution in [3.05, 3.63) is 75.8 Å². The highest BCUT2D eigenvalue weighted by molar-refractivity contribution is 6.35. The zero-order chi connectivity index (χ0) is 21.5. The quantitative estimate of drug-likeness (QED) is 0.423. The number of benzene rings is 2. The van der Waals surface area contributed by atoms with E-state index in [1.54, 1.807) is 23.0 Å². The van der Waals surface area contributed by atoms with E-state index in [1.807, 2.05) is 37.3 Å². The third-order valence-corrected chi connectivity index (χ3v) is 5.67. The lowest BCUT2D eigenvalue weighted by molar-refractivity contribution is 0.102. The number of halogens is 2. The molecule has 0 atom stereocenters. The molecule has 1 saturated carbocycles. The van der Waals surface area contributed by atoms with E-state index in [-0.39, 0.29) is 11.8 Å². The van der Waals surface area contributed by atoms with Gasteiger partial charge in [-0.15, -0.1) is 0 Å². The van der Waals surface area contributed by atoms with E-state index in [9.17, 15) is 4.79 Å². The number of carbonyl (C=O) groups is 1. The van der Waals surface area contributed by atoms with Crippen LogP contribution >= 0.6 is 23.2 Å². The van der Waals surface area contributed by atoms with Gasteiger partial charge in [0, 0.05) is 22.2 Å². The van der Waals surface area contributed by atoms with Crippen LogP contribution in [0.1, 0.15) is 40.6 Å². The summed E-state index contributed by atoms with van der Waals surface area (Å²) >= 11 is 12.4. The summed E-state index contributed by atoms with van der Waals surface area (Å²) in [4.78, 5) is 17.5. The largest absolute Gasteiger partial charge is 0.322 e. The van der Waals surface area contributed by atoms with E-state index in [1.165, 1.54) is 0 Å². The maximum Gasteiger partial charge on any atom is 0.259 e. The van der Waals surface area contributed by atoms with Crippen LogP contribution < -0.4 is 5.32 Å². The second-order valence-electron chi connectivity index (χ2n) is 7.50. The van der Waals surface area contributed by atoms with Gasteiger partial charge in [0.2, 0.25) is 0 Å². The van der Waals surface area contributed by atoms with Crippen LogP contribution in [0.2, 0.25) is 10.0 Å². The fourth-order valence-electron chi connectivity index (χ4n) is 3.53. The van der Waals surface area contributed by atoms with Gasteiger partial charge >= 0.3 is 0 Å². The van der Waals surface area contributed by atoms with Crippen molar-refractivity contribution >= 4 is 34.8 Å². The number of rotatable bonds is 5. The Balaban J connectivity index is 1.46. The topological polar surface area (TPSA) is 88.5 Å². The predicted octanol–water partition coefficient (Wildman–Crippen LogP) is 5.40.